The molecule has 0 bridgehead atoms. The van der Waals surface area contributed by atoms with Gasteiger partial charge in [-0.05, 0) is 49.2 Å². The minimum atomic E-state index is -0.0477. The first-order chi connectivity index (χ1) is 13.1. The molecule has 0 saturated heterocycles. The zero-order chi connectivity index (χ0) is 18.5. The first-order valence-electron chi connectivity index (χ1n) is 9.00. The number of H-pyrrole nitrogens is 1. The van der Waals surface area contributed by atoms with Crippen molar-refractivity contribution in [3.63, 3.8) is 0 Å². The largest absolute Gasteiger partial charge is 0.345 e. The van der Waals surface area contributed by atoms with Crippen molar-refractivity contribution in [2.75, 3.05) is 18.4 Å². The highest BCUT2D eigenvalue weighted by atomic mass is 16.1. The molecule has 3 heterocycles. The zero-order valence-corrected chi connectivity index (χ0v) is 15.2. The van der Waals surface area contributed by atoms with Gasteiger partial charge in [0.15, 0.2) is 5.78 Å². The summed E-state index contributed by atoms with van der Waals surface area (Å²) in [5.74, 6) is 1.67. The average Bonchev–Trinajstić information content (AvgIpc) is 3.31. The van der Waals surface area contributed by atoms with Crippen LogP contribution in [-0.2, 0) is 0 Å². The normalized spacial score (nSPS) is 16.9. The highest BCUT2D eigenvalue weighted by Gasteiger charge is 2.30. The number of nitrogens with zero attached hydrogens (tertiary/aromatic N) is 3. The standard InChI is InChI=1S/C21H19N5O/c1-12-7-13(2)20-15(8-12)21-22-5-6-26(21)19(25-20)10-18(27)14-3-4-16-17(9-14)24-11-23-16/h3-4,7-11,25H,5-6H2,1-2H3,(H,23,24). The van der Waals surface area contributed by atoms with Gasteiger partial charge < -0.3 is 15.2 Å². The summed E-state index contributed by atoms with van der Waals surface area (Å²) in [5.41, 5.74) is 6.83. The highest BCUT2D eigenvalue weighted by molar-refractivity contribution is 6.11. The average molecular weight is 357 g/mol. The molecule has 0 radical (unpaired) electrons. The summed E-state index contributed by atoms with van der Waals surface area (Å²) in [4.78, 5) is 26.9. The summed E-state index contributed by atoms with van der Waals surface area (Å²) >= 11 is 0. The molecule has 0 saturated carbocycles. The molecule has 1 aromatic heterocycles. The fourth-order valence-electron chi connectivity index (χ4n) is 3.83. The number of carbonyl (C=O) groups excluding carboxylic acids is 1. The fraction of sp³-hybridized carbons (Fsp3) is 0.190. The summed E-state index contributed by atoms with van der Waals surface area (Å²) in [6.45, 7) is 5.67. The number of aromatic nitrogens is 2. The number of benzene rings is 2. The SMILES string of the molecule is Cc1cc(C)c2c(c1)C1=NCCN1C(=CC(=O)c1ccc3nc[nH]c3c1)N2. The monoisotopic (exact) mass is 357 g/mol. The molecule has 6 heteroatoms. The van der Waals surface area contributed by atoms with Crippen LogP contribution in [0.4, 0.5) is 5.69 Å². The molecule has 3 aromatic rings. The maximum Gasteiger partial charge on any atom is 0.189 e. The molecule has 27 heavy (non-hydrogen) atoms. The van der Waals surface area contributed by atoms with Gasteiger partial charge in [-0.25, -0.2) is 4.98 Å². The van der Waals surface area contributed by atoms with E-state index < -0.39 is 0 Å². The molecule has 0 spiro atoms. The molecular weight excluding hydrogens is 338 g/mol. The Labute approximate surface area is 156 Å². The zero-order valence-electron chi connectivity index (χ0n) is 15.2. The Kier molecular flexibility index (Phi) is 3.40. The number of anilines is 1. The highest BCUT2D eigenvalue weighted by Crippen LogP contribution is 2.33. The molecule has 0 atom stereocenters. The molecule has 2 N–H and O–H groups in total. The third kappa shape index (κ3) is 2.52. The molecule has 0 unspecified atom stereocenters. The van der Waals surface area contributed by atoms with Gasteiger partial charge in [0.2, 0.25) is 0 Å². The number of ketones is 1. The van der Waals surface area contributed by atoms with Crippen molar-refractivity contribution < 1.29 is 4.79 Å². The van der Waals surface area contributed by atoms with Crippen LogP contribution < -0.4 is 5.32 Å². The minimum Gasteiger partial charge on any atom is -0.345 e. The Morgan fingerprint density at radius 1 is 1.22 bits per heavy atom. The number of carbonyl (C=O) groups is 1. The van der Waals surface area contributed by atoms with Gasteiger partial charge in [-0.3, -0.25) is 9.79 Å². The van der Waals surface area contributed by atoms with E-state index in [0.29, 0.717) is 5.56 Å². The molecule has 0 aliphatic carbocycles. The number of rotatable bonds is 2. The lowest BCUT2D eigenvalue weighted by molar-refractivity contribution is 0.104. The summed E-state index contributed by atoms with van der Waals surface area (Å²) < 4.78 is 0. The Morgan fingerprint density at radius 3 is 3.00 bits per heavy atom. The Morgan fingerprint density at radius 2 is 2.11 bits per heavy atom. The predicted octanol–water partition coefficient (Wildman–Crippen LogP) is 3.39. The van der Waals surface area contributed by atoms with E-state index in [1.807, 2.05) is 18.2 Å². The van der Waals surface area contributed by atoms with Crippen LogP contribution in [0.3, 0.4) is 0 Å². The third-order valence-corrected chi connectivity index (χ3v) is 5.08. The van der Waals surface area contributed by atoms with Gasteiger partial charge in [-0.15, -0.1) is 0 Å². The lowest BCUT2D eigenvalue weighted by Gasteiger charge is -2.32. The second kappa shape index (κ2) is 5.81. The van der Waals surface area contributed by atoms with Crippen LogP contribution in [0.5, 0.6) is 0 Å². The smallest absolute Gasteiger partial charge is 0.189 e. The molecule has 2 aromatic carbocycles. The quantitative estimate of drug-likeness (QED) is 0.545. The number of allylic oxidation sites excluding steroid dienone is 1. The number of aliphatic imine (C=N–C) groups is 1. The van der Waals surface area contributed by atoms with E-state index in [1.54, 1.807) is 12.4 Å². The van der Waals surface area contributed by atoms with E-state index >= 15 is 0 Å². The van der Waals surface area contributed by atoms with Crippen molar-refractivity contribution in [3.8, 4) is 0 Å². The maximum atomic E-state index is 12.9. The molecule has 6 nitrogen and oxygen atoms in total. The second-order valence-electron chi connectivity index (χ2n) is 7.01. The molecule has 134 valence electrons. The summed E-state index contributed by atoms with van der Waals surface area (Å²) in [6.07, 6.45) is 3.30. The number of imidazole rings is 1. The van der Waals surface area contributed by atoms with Crippen molar-refractivity contribution in [2.24, 2.45) is 4.99 Å². The van der Waals surface area contributed by atoms with Crippen molar-refractivity contribution in [1.29, 1.82) is 0 Å². The number of amidine groups is 1. The Bertz CT molecular complexity index is 1150. The van der Waals surface area contributed by atoms with Crippen LogP contribution in [-0.4, -0.2) is 39.6 Å². The van der Waals surface area contributed by atoms with E-state index in [2.05, 4.69) is 51.2 Å². The van der Waals surface area contributed by atoms with E-state index in [4.69, 9.17) is 0 Å². The van der Waals surface area contributed by atoms with E-state index in [0.717, 1.165) is 52.6 Å². The topological polar surface area (TPSA) is 73.4 Å². The van der Waals surface area contributed by atoms with Gasteiger partial charge in [0, 0.05) is 23.7 Å². The molecule has 0 fully saturated rings. The number of aryl methyl sites for hydroxylation is 2. The lowest BCUT2D eigenvalue weighted by atomic mass is 10.0. The van der Waals surface area contributed by atoms with Gasteiger partial charge >= 0.3 is 0 Å². The number of aromatic amines is 1. The van der Waals surface area contributed by atoms with Gasteiger partial charge in [0.1, 0.15) is 11.7 Å². The van der Waals surface area contributed by atoms with Crippen LogP contribution in [0, 0.1) is 13.8 Å². The summed E-state index contributed by atoms with van der Waals surface area (Å²) in [5, 5.41) is 3.46. The van der Waals surface area contributed by atoms with Crippen molar-refractivity contribution in [2.45, 2.75) is 13.8 Å². The molecule has 2 aliphatic heterocycles. The summed E-state index contributed by atoms with van der Waals surface area (Å²) in [6, 6.07) is 9.80. The van der Waals surface area contributed by atoms with E-state index in [1.165, 1.54) is 5.56 Å². The minimum absolute atomic E-state index is 0.0477. The molecular formula is C21H19N5O. The Hall–Kier alpha value is -3.41. The fourth-order valence-corrected chi connectivity index (χ4v) is 3.83. The van der Waals surface area contributed by atoms with Crippen LogP contribution in [0.1, 0.15) is 27.0 Å². The summed E-state index contributed by atoms with van der Waals surface area (Å²) in [7, 11) is 0. The van der Waals surface area contributed by atoms with Gasteiger partial charge in [-0.2, -0.15) is 0 Å². The maximum absolute atomic E-state index is 12.9. The first kappa shape index (κ1) is 15.8. The van der Waals surface area contributed by atoms with Gasteiger partial charge in [0.05, 0.1) is 29.6 Å². The molecule has 0 amide bonds. The number of hydrogen-bond donors (Lipinski definition) is 2. The van der Waals surface area contributed by atoms with Crippen LogP contribution in [0.15, 0.2) is 53.5 Å². The van der Waals surface area contributed by atoms with Gasteiger partial charge in [-0.1, -0.05) is 6.07 Å². The van der Waals surface area contributed by atoms with E-state index in [-0.39, 0.29) is 5.78 Å². The predicted molar refractivity (Wildman–Crippen MR) is 106 cm³/mol. The Balaban J connectivity index is 1.56. The number of hydrogen-bond acceptors (Lipinski definition) is 5. The molecule has 5 rings (SSSR count). The number of fused-ring (bicyclic) bond motifs is 4. The lowest BCUT2D eigenvalue weighted by Crippen LogP contribution is -2.37. The van der Waals surface area contributed by atoms with Crippen molar-refractivity contribution >= 4 is 28.3 Å². The second-order valence-corrected chi connectivity index (χ2v) is 7.01. The van der Waals surface area contributed by atoms with Crippen LogP contribution in [0.2, 0.25) is 0 Å². The van der Waals surface area contributed by atoms with Crippen molar-refractivity contribution in [3.05, 3.63) is 70.8 Å². The molecule has 2 aliphatic rings. The van der Waals surface area contributed by atoms with Crippen molar-refractivity contribution in [1.82, 2.24) is 14.9 Å². The number of nitrogens with one attached hydrogen (secondary N) is 2. The van der Waals surface area contributed by atoms with Crippen LogP contribution >= 0.6 is 0 Å². The van der Waals surface area contributed by atoms with E-state index in [9.17, 15) is 4.79 Å². The van der Waals surface area contributed by atoms with Crippen LogP contribution in [0.25, 0.3) is 11.0 Å². The first-order valence-corrected chi connectivity index (χ1v) is 9.00. The van der Waals surface area contributed by atoms with Gasteiger partial charge in [0.25, 0.3) is 0 Å². The third-order valence-electron chi connectivity index (χ3n) is 5.08.